The van der Waals surface area contributed by atoms with E-state index in [4.69, 9.17) is 0 Å². The minimum Gasteiger partial charge on any atom is -0.465 e. The van der Waals surface area contributed by atoms with Crippen molar-refractivity contribution in [3.05, 3.63) is 46.2 Å². The number of rotatable bonds is 4. The highest BCUT2D eigenvalue weighted by Gasteiger charge is 2.30. The highest BCUT2D eigenvalue weighted by molar-refractivity contribution is 7.92. The molecule has 0 spiro atoms. The number of carbonyl (C=O) groups is 1. The molecule has 1 aromatic carbocycles. The molecule has 0 saturated heterocycles. The second kappa shape index (κ2) is 6.20. The maximum atomic E-state index is 12.5. The largest absolute Gasteiger partial charge is 0.465 e. The number of ether oxygens (including phenoxy) is 1. The predicted molar refractivity (Wildman–Crippen MR) is 77.9 cm³/mol. The number of halogens is 3. The summed E-state index contributed by atoms with van der Waals surface area (Å²) < 4.78 is 68.5. The number of hydrogen-bond donors (Lipinski definition) is 1. The molecule has 0 unspecified atom stereocenters. The van der Waals surface area contributed by atoms with Crippen molar-refractivity contribution >= 4 is 33.0 Å². The van der Waals surface area contributed by atoms with Crippen molar-refractivity contribution in [2.24, 2.45) is 0 Å². The van der Waals surface area contributed by atoms with Gasteiger partial charge in [0.25, 0.3) is 10.0 Å². The molecular formula is C13H10F3NO4S2. The lowest BCUT2D eigenvalue weighted by Crippen LogP contribution is -2.15. The van der Waals surface area contributed by atoms with Gasteiger partial charge >= 0.3 is 12.1 Å². The molecule has 2 aromatic rings. The van der Waals surface area contributed by atoms with Crippen LogP contribution >= 0.6 is 11.3 Å². The quantitative estimate of drug-likeness (QED) is 0.844. The third-order valence-corrected chi connectivity index (χ3v) is 4.93. The molecule has 5 nitrogen and oxygen atoms in total. The van der Waals surface area contributed by atoms with E-state index in [1.165, 1.54) is 10.8 Å². The standard InChI is InChI=1S/C13H10F3NO4S2/c1-21-12(18)10-6-22-7-11(10)17-23(19,20)9-4-2-8(3-5-9)13(14,15)16/h2-7,17H,1H3. The van der Waals surface area contributed by atoms with Gasteiger partial charge in [-0.25, -0.2) is 13.2 Å². The van der Waals surface area contributed by atoms with E-state index in [0.717, 1.165) is 30.6 Å². The van der Waals surface area contributed by atoms with Gasteiger partial charge in [0.15, 0.2) is 0 Å². The van der Waals surface area contributed by atoms with Crippen LogP contribution in [-0.2, 0) is 20.9 Å². The molecule has 23 heavy (non-hydrogen) atoms. The smallest absolute Gasteiger partial charge is 0.416 e. The van der Waals surface area contributed by atoms with E-state index in [1.807, 2.05) is 0 Å². The highest BCUT2D eigenvalue weighted by Crippen LogP contribution is 2.30. The molecule has 1 N–H and O–H groups in total. The summed E-state index contributed by atoms with van der Waals surface area (Å²) >= 11 is 1.08. The Labute approximate surface area is 133 Å². The van der Waals surface area contributed by atoms with Crippen molar-refractivity contribution in [3.8, 4) is 0 Å². The summed E-state index contributed by atoms with van der Waals surface area (Å²) in [5.74, 6) is -0.726. The summed E-state index contributed by atoms with van der Waals surface area (Å²) in [6.07, 6.45) is -4.55. The van der Waals surface area contributed by atoms with E-state index < -0.39 is 27.7 Å². The first-order chi connectivity index (χ1) is 10.6. The fourth-order valence-electron chi connectivity index (χ4n) is 1.67. The summed E-state index contributed by atoms with van der Waals surface area (Å²) in [5, 5.41) is 2.78. The van der Waals surface area contributed by atoms with Crippen LogP contribution in [0, 0.1) is 0 Å². The number of anilines is 1. The van der Waals surface area contributed by atoms with E-state index >= 15 is 0 Å². The van der Waals surface area contributed by atoms with Crippen LogP contribution in [-0.4, -0.2) is 21.5 Å². The fourth-order valence-corrected chi connectivity index (χ4v) is 3.57. The van der Waals surface area contributed by atoms with Gasteiger partial charge in [-0.15, -0.1) is 11.3 Å². The molecule has 10 heteroatoms. The Kier molecular flexibility index (Phi) is 4.66. The number of hydrogen-bond acceptors (Lipinski definition) is 5. The lowest BCUT2D eigenvalue weighted by molar-refractivity contribution is -0.137. The molecule has 124 valence electrons. The van der Waals surface area contributed by atoms with Gasteiger partial charge in [-0.2, -0.15) is 13.2 Å². The van der Waals surface area contributed by atoms with E-state index in [0.29, 0.717) is 12.1 Å². The van der Waals surface area contributed by atoms with Crippen LogP contribution in [0.25, 0.3) is 0 Å². The Bertz CT molecular complexity index is 810. The van der Waals surface area contributed by atoms with Gasteiger partial charge in [0.2, 0.25) is 0 Å². The van der Waals surface area contributed by atoms with E-state index in [9.17, 15) is 26.4 Å². The third-order valence-electron chi connectivity index (χ3n) is 2.80. The number of benzene rings is 1. The van der Waals surface area contributed by atoms with Crippen molar-refractivity contribution in [2.75, 3.05) is 11.8 Å². The van der Waals surface area contributed by atoms with Crippen LogP contribution in [0.5, 0.6) is 0 Å². The second-order valence-corrected chi connectivity index (χ2v) is 6.74. The first-order valence-electron chi connectivity index (χ1n) is 6.00. The Balaban J connectivity index is 2.30. The Morgan fingerprint density at radius 1 is 1.17 bits per heavy atom. The zero-order valence-electron chi connectivity index (χ0n) is 11.5. The summed E-state index contributed by atoms with van der Waals surface area (Å²) in [6.45, 7) is 0. The molecule has 0 aliphatic rings. The van der Waals surface area contributed by atoms with Gasteiger partial charge in [-0.1, -0.05) is 0 Å². The van der Waals surface area contributed by atoms with E-state index in [-0.39, 0.29) is 16.1 Å². The molecular weight excluding hydrogens is 355 g/mol. The Morgan fingerprint density at radius 3 is 2.30 bits per heavy atom. The first kappa shape index (κ1) is 17.3. The van der Waals surface area contributed by atoms with E-state index in [1.54, 1.807) is 0 Å². The number of methoxy groups -OCH3 is 1. The number of esters is 1. The first-order valence-corrected chi connectivity index (χ1v) is 8.42. The monoisotopic (exact) mass is 365 g/mol. The normalized spacial score (nSPS) is 12.0. The van der Waals surface area contributed by atoms with Crippen LogP contribution in [0.1, 0.15) is 15.9 Å². The lowest BCUT2D eigenvalue weighted by Gasteiger charge is -2.10. The van der Waals surface area contributed by atoms with Gasteiger partial charge in [0.1, 0.15) is 0 Å². The summed E-state index contributed by atoms with van der Waals surface area (Å²) in [5.41, 5.74) is -0.933. The SMILES string of the molecule is COC(=O)c1cscc1NS(=O)(=O)c1ccc(C(F)(F)F)cc1. The number of carbonyl (C=O) groups excluding carboxylic acids is 1. The molecule has 0 radical (unpaired) electrons. The number of sulfonamides is 1. The van der Waals surface area contributed by atoms with Crippen molar-refractivity contribution in [1.29, 1.82) is 0 Å². The Morgan fingerprint density at radius 2 is 1.78 bits per heavy atom. The van der Waals surface area contributed by atoms with Crippen molar-refractivity contribution in [3.63, 3.8) is 0 Å². The zero-order chi connectivity index (χ0) is 17.3. The van der Waals surface area contributed by atoms with Gasteiger partial charge < -0.3 is 4.74 Å². The van der Waals surface area contributed by atoms with Crippen LogP contribution in [0.2, 0.25) is 0 Å². The fraction of sp³-hybridized carbons (Fsp3) is 0.154. The maximum absolute atomic E-state index is 12.5. The zero-order valence-corrected chi connectivity index (χ0v) is 13.2. The predicted octanol–water partition coefficient (Wildman–Crippen LogP) is 3.35. The molecule has 0 bridgehead atoms. The maximum Gasteiger partial charge on any atom is 0.416 e. The van der Waals surface area contributed by atoms with Crippen molar-refractivity contribution in [2.45, 2.75) is 11.1 Å². The molecule has 1 heterocycles. The molecule has 0 saturated carbocycles. The van der Waals surface area contributed by atoms with Crippen LogP contribution in [0.3, 0.4) is 0 Å². The number of nitrogens with one attached hydrogen (secondary N) is 1. The summed E-state index contributed by atoms with van der Waals surface area (Å²) in [4.78, 5) is 11.1. The van der Waals surface area contributed by atoms with Gasteiger partial charge in [0, 0.05) is 10.8 Å². The van der Waals surface area contributed by atoms with Crippen LogP contribution < -0.4 is 4.72 Å². The molecule has 0 atom stereocenters. The van der Waals surface area contributed by atoms with Gasteiger partial charge in [-0.3, -0.25) is 4.72 Å². The average molecular weight is 365 g/mol. The van der Waals surface area contributed by atoms with Crippen LogP contribution in [0.15, 0.2) is 39.9 Å². The van der Waals surface area contributed by atoms with Crippen molar-refractivity contribution < 1.29 is 31.1 Å². The van der Waals surface area contributed by atoms with E-state index in [2.05, 4.69) is 9.46 Å². The number of alkyl halides is 3. The average Bonchev–Trinajstić information content (AvgIpc) is 2.93. The second-order valence-electron chi connectivity index (χ2n) is 4.32. The van der Waals surface area contributed by atoms with Crippen LogP contribution in [0.4, 0.5) is 18.9 Å². The number of thiophene rings is 1. The molecule has 0 aliphatic heterocycles. The molecule has 2 rings (SSSR count). The van der Waals surface area contributed by atoms with Crippen molar-refractivity contribution in [1.82, 2.24) is 0 Å². The van der Waals surface area contributed by atoms with Gasteiger partial charge in [0.05, 0.1) is 28.8 Å². The molecule has 0 amide bonds. The minimum atomic E-state index is -4.55. The van der Waals surface area contributed by atoms with Gasteiger partial charge in [-0.05, 0) is 24.3 Å². The highest BCUT2D eigenvalue weighted by atomic mass is 32.2. The minimum absolute atomic E-state index is 0.00162. The summed E-state index contributed by atoms with van der Waals surface area (Å²) in [6, 6.07) is 3.03. The molecule has 1 aromatic heterocycles. The topological polar surface area (TPSA) is 72.5 Å². The Hall–Kier alpha value is -2.07. The third kappa shape index (κ3) is 3.82. The molecule has 0 fully saturated rings. The molecule has 0 aliphatic carbocycles. The lowest BCUT2D eigenvalue weighted by atomic mass is 10.2. The summed E-state index contributed by atoms with van der Waals surface area (Å²) in [7, 11) is -2.98.